The fourth-order valence-electron chi connectivity index (χ4n) is 3.00. The Hall–Kier alpha value is -0.680. The highest BCUT2D eigenvalue weighted by Gasteiger charge is 2.18. The Morgan fingerprint density at radius 1 is 1.21 bits per heavy atom. The van der Waals surface area contributed by atoms with Crippen molar-refractivity contribution >= 4 is 39.2 Å². The van der Waals surface area contributed by atoms with E-state index >= 15 is 0 Å². The van der Waals surface area contributed by atoms with Crippen molar-refractivity contribution in [3.63, 3.8) is 0 Å². The zero-order valence-electron chi connectivity index (χ0n) is 10.6. The number of H-pyrrole nitrogens is 1. The van der Waals surface area contributed by atoms with Crippen molar-refractivity contribution in [1.29, 1.82) is 0 Å². The number of hydrogen-bond acceptors (Lipinski definition) is 1. The lowest BCUT2D eigenvalue weighted by molar-refractivity contribution is 0.450. The summed E-state index contributed by atoms with van der Waals surface area (Å²) in [5.74, 6) is -0.253. The normalized spacial score (nSPS) is 17.8. The van der Waals surface area contributed by atoms with E-state index < -0.39 is 0 Å². The number of benzene rings is 1. The number of aromatic amines is 1. The molecule has 1 N–H and O–H groups in total. The fourth-order valence-corrected chi connectivity index (χ4v) is 3.69. The lowest BCUT2D eigenvalue weighted by atomic mass is 10.1. The number of nitrogens with zero attached hydrogens (tertiary/aromatic N) is 1. The van der Waals surface area contributed by atoms with E-state index in [1.54, 1.807) is 0 Å². The minimum absolute atomic E-state index is 0.253. The van der Waals surface area contributed by atoms with Crippen LogP contribution >= 0.6 is 28.1 Å². The van der Waals surface area contributed by atoms with Gasteiger partial charge in [-0.2, -0.15) is 0 Å². The summed E-state index contributed by atoms with van der Waals surface area (Å²) < 4.78 is 17.0. The molecule has 3 rings (SSSR count). The maximum atomic E-state index is 13.6. The maximum Gasteiger partial charge on any atom is 0.178 e. The van der Waals surface area contributed by atoms with Crippen LogP contribution in [0, 0.1) is 10.6 Å². The molecule has 1 aliphatic carbocycles. The minimum Gasteiger partial charge on any atom is -0.330 e. The van der Waals surface area contributed by atoms with Gasteiger partial charge in [-0.25, -0.2) is 4.39 Å². The van der Waals surface area contributed by atoms with Gasteiger partial charge < -0.3 is 9.55 Å². The van der Waals surface area contributed by atoms with E-state index in [1.807, 2.05) is 6.07 Å². The van der Waals surface area contributed by atoms with E-state index in [0.29, 0.717) is 15.3 Å². The van der Waals surface area contributed by atoms with Crippen molar-refractivity contribution in [2.75, 3.05) is 0 Å². The highest BCUT2D eigenvalue weighted by molar-refractivity contribution is 9.10. The molecule has 1 aromatic heterocycles. The highest BCUT2D eigenvalue weighted by atomic mass is 79.9. The third-order valence-electron chi connectivity index (χ3n) is 3.95. The van der Waals surface area contributed by atoms with Crippen molar-refractivity contribution in [3.05, 3.63) is 27.2 Å². The second-order valence-corrected chi connectivity index (χ2v) is 6.47. The average Bonchev–Trinajstić information content (AvgIpc) is 2.57. The molecule has 5 heteroatoms. The number of nitrogens with one attached hydrogen (secondary N) is 1. The van der Waals surface area contributed by atoms with Crippen LogP contribution in [0.15, 0.2) is 16.6 Å². The summed E-state index contributed by atoms with van der Waals surface area (Å²) in [5, 5.41) is 0. The second kappa shape index (κ2) is 5.37. The molecular weight excluding hydrogens is 327 g/mol. The molecule has 2 aromatic rings. The van der Waals surface area contributed by atoms with Crippen LogP contribution in [-0.2, 0) is 0 Å². The molecule has 1 heterocycles. The molecule has 1 saturated carbocycles. The largest absolute Gasteiger partial charge is 0.330 e. The molecule has 0 amide bonds. The summed E-state index contributed by atoms with van der Waals surface area (Å²) in [6.45, 7) is 0. The summed E-state index contributed by atoms with van der Waals surface area (Å²) in [7, 11) is 0. The molecule has 0 unspecified atom stereocenters. The molecule has 1 fully saturated rings. The van der Waals surface area contributed by atoms with Gasteiger partial charge in [0.05, 0.1) is 15.5 Å². The SMILES string of the molecule is Fc1cc2[nH]c(=S)n(C3CCCCCC3)c2cc1Br. The molecule has 1 aromatic carbocycles. The summed E-state index contributed by atoms with van der Waals surface area (Å²) >= 11 is 8.70. The Labute approximate surface area is 125 Å². The molecule has 0 bridgehead atoms. The molecule has 0 atom stereocenters. The third-order valence-corrected chi connectivity index (χ3v) is 4.85. The van der Waals surface area contributed by atoms with Crippen LogP contribution in [0.5, 0.6) is 0 Å². The molecule has 0 saturated heterocycles. The molecule has 2 nitrogen and oxygen atoms in total. The number of imidazole rings is 1. The Morgan fingerprint density at radius 2 is 1.89 bits per heavy atom. The topological polar surface area (TPSA) is 20.7 Å². The van der Waals surface area contributed by atoms with Crippen LogP contribution in [0.4, 0.5) is 4.39 Å². The van der Waals surface area contributed by atoms with Crippen LogP contribution in [-0.4, -0.2) is 9.55 Å². The highest BCUT2D eigenvalue weighted by Crippen LogP contribution is 2.32. The van der Waals surface area contributed by atoms with Crippen molar-refractivity contribution in [1.82, 2.24) is 9.55 Å². The predicted molar refractivity (Wildman–Crippen MR) is 81.5 cm³/mol. The predicted octanol–water partition coefficient (Wildman–Crippen LogP) is 5.50. The first-order valence-electron chi connectivity index (χ1n) is 6.76. The monoisotopic (exact) mass is 342 g/mol. The Balaban J connectivity index is 2.14. The molecule has 0 aliphatic heterocycles. The number of halogens is 2. The molecule has 0 spiro atoms. The summed E-state index contributed by atoms with van der Waals surface area (Å²) in [5.41, 5.74) is 1.79. The first-order valence-corrected chi connectivity index (χ1v) is 7.96. The van der Waals surface area contributed by atoms with Gasteiger partial charge >= 0.3 is 0 Å². The zero-order chi connectivity index (χ0) is 13.4. The molecule has 102 valence electrons. The summed E-state index contributed by atoms with van der Waals surface area (Å²) in [4.78, 5) is 3.13. The van der Waals surface area contributed by atoms with E-state index in [0.717, 1.165) is 23.9 Å². The molecule has 19 heavy (non-hydrogen) atoms. The summed E-state index contributed by atoms with van der Waals surface area (Å²) in [6.07, 6.45) is 7.45. The van der Waals surface area contributed by atoms with Gasteiger partial charge in [-0.1, -0.05) is 25.7 Å². The van der Waals surface area contributed by atoms with Crippen molar-refractivity contribution in [2.24, 2.45) is 0 Å². The third kappa shape index (κ3) is 2.50. The van der Waals surface area contributed by atoms with Gasteiger partial charge in [0, 0.05) is 12.1 Å². The second-order valence-electron chi connectivity index (χ2n) is 5.23. The number of aromatic nitrogens is 2. The number of fused-ring (bicyclic) bond motifs is 1. The van der Waals surface area contributed by atoms with E-state index in [1.165, 1.54) is 31.7 Å². The average molecular weight is 343 g/mol. The van der Waals surface area contributed by atoms with Crippen LogP contribution in [0.3, 0.4) is 0 Å². The molecule has 0 radical (unpaired) electrons. The lowest BCUT2D eigenvalue weighted by Crippen LogP contribution is -2.08. The summed E-state index contributed by atoms with van der Waals surface area (Å²) in [6, 6.07) is 3.80. The van der Waals surface area contributed by atoms with E-state index in [2.05, 4.69) is 25.5 Å². The first kappa shape index (κ1) is 13.3. The van der Waals surface area contributed by atoms with Gasteiger partial charge in [0.1, 0.15) is 5.82 Å². The van der Waals surface area contributed by atoms with Gasteiger partial charge in [-0.05, 0) is 47.1 Å². The number of rotatable bonds is 1. The van der Waals surface area contributed by atoms with Crippen LogP contribution in [0.1, 0.15) is 44.6 Å². The van der Waals surface area contributed by atoms with E-state index in [-0.39, 0.29) is 5.82 Å². The quantitative estimate of drug-likeness (QED) is 0.536. The van der Waals surface area contributed by atoms with Crippen LogP contribution < -0.4 is 0 Å². The Bertz CT molecular complexity index is 653. The lowest BCUT2D eigenvalue weighted by Gasteiger charge is -2.17. The minimum atomic E-state index is -0.253. The molecular formula is C14H16BrFN2S. The standard InChI is InChI=1S/C14H16BrFN2S/c15-10-7-13-12(8-11(10)16)17-14(19)18(13)9-5-3-1-2-4-6-9/h7-9H,1-6H2,(H,17,19). The van der Waals surface area contributed by atoms with Crippen molar-refractivity contribution < 1.29 is 4.39 Å². The van der Waals surface area contributed by atoms with Gasteiger partial charge in [0.2, 0.25) is 0 Å². The smallest absolute Gasteiger partial charge is 0.178 e. The maximum absolute atomic E-state index is 13.6. The first-order chi connectivity index (χ1) is 9.16. The van der Waals surface area contributed by atoms with Crippen molar-refractivity contribution in [3.8, 4) is 0 Å². The van der Waals surface area contributed by atoms with Gasteiger partial charge in [0.25, 0.3) is 0 Å². The Morgan fingerprint density at radius 3 is 2.58 bits per heavy atom. The van der Waals surface area contributed by atoms with Gasteiger partial charge in [0.15, 0.2) is 4.77 Å². The van der Waals surface area contributed by atoms with Gasteiger partial charge in [-0.3, -0.25) is 0 Å². The van der Waals surface area contributed by atoms with Crippen molar-refractivity contribution in [2.45, 2.75) is 44.6 Å². The van der Waals surface area contributed by atoms with Crippen LogP contribution in [0.25, 0.3) is 11.0 Å². The van der Waals surface area contributed by atoms with Crippen LogP contribution in [0.2, 0.25) is 0 Å². The molecule has 1 aliphatic rings. The zero-order valence-corrected chi connectivity index (χ0v) is 13.0. The van der Waals surface area contributed by atoms with E-state index in [9.17, 15) is 4.39 Å². The fraction of sp³-hybridized carbons (Fsp3) is 0.500. The van der Waals surface area contributed by atoms with Gasteiger partial charge in [-0.15, -0.1) is 0 Å². The Kier molecular flexibility index (Phi) is 3.76. The van der Waals surface area contributed by atoms with E-state index in [4.69, 9.17) is 12.2 Å². The number of hydrogen-bond donors (Lipinski definition) is 1.